The molecule has 15 heavy (non-hydrogen) atoms. The van der Waals surface area contributed by atoms with Crippen molar-refractivity contribution < 1.29 is 4.68 Å². The van der Waals surface area contributed by atoms with Gasteiger partial charge in [0.15, 0.2) is 6.20 Å². The molecule has 2 heterocycles. The van der Waals surface area contributed by atoms with Crippen LogP contribution in [0.1, 0.15) is 0 Å². The molecule has 0 saturated carbocycles. The van der Waals surface area contributed by atoms with Crippen LogP contribution in [0, 0.1) is 0 Å². The number of hydrogen-bond donors (Lipinski definition) is 1. The number of aromatic nitrogens is 2. The first-order valence-electron chi connectivity index (χ1n) is 4.79. The van der Waals surface area contributed by atoms with Crippen molar-refractivity contribution in [2.24, 2.45) is 0 Å². The average Bonchev–Trinajstić information content (AvgIpc) is 2.29. The lowest BCUT2D eigenvalue weighted by Crippen LogP contribution is -2.44. The molecule has 0 aliphatic heterocycles. The second-order valence-corrected chi connectivity index (χ2v) is 3.49. The summed E-state index contributed by atoms with van der Waals surface area (Å²) < 4.78 is 1.62. The van der Waals surface area contributed by atoms with E-state index in [-0.39, 0.29) is 0 Å². The molecular weight excluding hydrogens is 186 g/mol. The summed E-state index contributed by atoms with van der Waals surface area (Å²) in [6, 6.07) is 12.0. The van der Waals surface area contributed by atoms with Crippen LogP contribution in [0.3, 0.4) is 0 Å². The van der Waals surface area contributed by atoms with Gasteiger partial charge in [0, 0.05) is 17.6 Å². The molecule has 0 unspecified atom stereocenters. The number of benzene rings is 1. The van der Waals surface area contributed by atoms with E-state index in [1.807, 2.05) is 30.5 Å². The first-order chi connectivity index (χ1) is 7.36. The number of fused-ring (bicyclic) bond motifs is 3. The van der Waals surface area contributed by atoms with Crippen LogP contribution >= 0.6 is 0 Å². The predicted molar refractivity (Wildman–Crippen MR) is 59.6 cm³/mol. The van der Waals surface area contributed by atoms with Crippen molar-refractivity contribution >= 4 is 21.8 Å². The van der Waals surface area contributed by atoms with Gasteiger partial charge >= 0.3 is 0 Å². The molecule has 1 aromatic carbocycles. The summed E-state index contributed by atoms with van der Waals surface area (Å²) in [4.78, 5) is 4.37. The Morgan fingerprint density at radius 2 is 1.80 bits per heavy atom. The molecule has 0 radical (unpaired) electrons. The fourth-order valence-corrected chi connectivity index (χ4v) is 1.87. The molecule has 0 atom stereocenters. The van der Waals surface area contributed by atoms with Crippen LogP contribution in [0.4, 0.5) is 0 Å². The molecule has 3 aromatic rings. The summed E-state index contributed by atoms with van der Waals surface area (Å²) in [6.45, 7) is 0. The zero-order valence-corrected chi connectivity index (χ0v) is 8.09. The van der Waals surface area contributed by atoms with Crippen molar-refractivity contribution in [2.75, 3.05) is 5.84 Å². The molecule has 3 rings (SSSR count). The molecule has 0 amide bonds. The van der Waals surface area contributed by atoms with E-state index in [1.165, 1.54) is 0 Å². The summed E-state index contributed by atoms with van der Waals surface area (Å²) in [6.07, 6.45) is 3.62. The maximum absolute atomic E-state index is 5.90. The highest BCUT2D eigenvalue weighted by atomic mass is 15.3. The first-order valence-corrected chi connectivity index (χ1v) is 4.79. The van der Waals surface area contributed by atoms with Gasteiger partial charge in [-0.25, -0.2) is 10.8 Å². The topological polar surface area (TPSA) is 42.8 Å². The summed E-state index contributed by atoms with van der Waals surface area (Å²) >= 11 is 0. The van der Waals surface area contributed by atoms with Crippen LogP contribution in [0.25, 0.3) is 21.8 Å². The molecule has 0 aliphatic rings. The standard InChI is InChI=1S/C12H10N3/c13-15-8-2-4-10-6-5-9-3-1-7-14-11(9)12(10)15/h1-8H,13H2/q+1. The van der Waals surface area contributed by atoms with Gasteiger partial charge < -0.3 is 0 Å². The minimum absolute atomic E-state index is 0.943. The third-order valence-corrected chi connectivity index (χ3v) is 2.56. The maximum Gasteiger partial charge on any atom is 0.268 e. The van der Waals surface area contributed by atoms with Crippen molar-refractivity contribution in [3.63, 3.8) is 0 Å². The Labute approximate surface area is 86.8 Å². The van der Waals surface area contributed by atoms with Gasteiger partial charge in [0.1, 0.15) is 5.52 Å². The first kappa shape index (κ1) is 8.17. The van der Waals surface area contributed by atoms with Crippen LogP contribution in [-0.4, -0.2) is 4.98 Å². The Morgan fingerprint density at radius 3 is 2.73 bits per heavy atom. The summed E-state index contributed by atoms with van der Waals surface area (Å²) in [5.41, 5.74) is 1.91. The molecule has 0 bridgehead atoms. The number of nitrogen functional groups attached to an aromatic ring is 1. The summed E-state index contributed by atoms with van der Waals surface area (Å²) in [5, 5.41) is 2.21. The van der Waals surface area contributed by atoms with Gasteiger partial charge in [-0.2, -0.15) is 0 Å². The Morgan fingerprint density at radius 1 is 1.00 bits per heavy atom. The monoisotopic (exact) mass is 196 g/mol. The number of rotatable bonds is 0. The summed E-state index contributed by atoms with van der Waals surface area (Å²) in [5.74, 6) is 5.90. The van der Waals surface area contributed by atoms with E-state index in [2.05, 4.69) is 17.1 Å². The molecule has 2 aromatic heterocycles. The Kier molecular flexibility index (Phi) is 1.59. The molecule has 3 heteroatoms. The lowest BCUT2D eigenvalue weighted by Gasteiger charge is -1.99. The second kappa shape index (κ2) is 2.92. The predicted octanol–water partition coefficient (Wildman–Crippen LogP) is 1.39. The van der Waals surface area contributed by atoms with E-state index in [0.717, 1.165) is 21.8 Å². The highest BCUT2D eigenvalue weighted by Gasteiger charge is 2.10. The third-order valence-electron chi connectivity index (χ3n) is 2.56. The van der Waals surface area contributed by atoms with Gasteiger partial charge in [-0.3, -0.25) is 0 Å². The van der Waals surface area contributed by atoms with Crippen molar-refractivity contribution in [1.29, 1.82) is 0 Å². The average molecular weight is 196 g/mol. The van der Waals surface area contributed by atoms with Crippen molar-refractivity contribution in [1.82, 2.24) is 4.98 Å². The van der Waals surface area contributed by atoms with Crippen LogP contribution in [0.5, 0.6) is 0 Å². The van der Waals surface area contributed by atoms with E-state index >= 15 is 0 Å². The largest absolute Gasteiger partial charge is 0.268 e. The third kappa shape index (κ3) is 1.13. The van der Waals surface area contributed by atoms with E-state index in [4.69, 9.17) is 5.84 Å². The van der Waals surface area contributed by atoms with Gasteiger partial charge in [-0.1, -0.05) is 16.8 Å². The molecule has 3 nitrogen and oxygen atoms in total. The van der Waals surface area contributed by atoms with Crippen LogP contribution in [-0.2, 0) is 0 Å². The van der Waals surface area contributed by atoms with Crippen LogP contribution < -0.4 is 10.5 Å². The second-order valence-electron chi connectivity index (χ2n) is 3.49. The van der Waals surface area contributed by atoms with Gasteiger partial charge in [-0.05, 0) is 18.2 Å². The molecule has 72 valence electrons. The number of nitrogens with zero attached hydrogens (tertiary/aromatic N) is 2. The Balaban J connectivity index is 2.64. The van der Waals surface area contributed by atoms with Gasteiger partial charge in [0.05, 0.1) is 5.39 Å². The molecule has 0 fully saturated rings. The highest BCUT2D eigenvalue weighted by molar-refractivity contribution is 6.00. The number of nitrogens with two attached hydrogens (primary N) is 1. The minimum atomic E-state index is 0.943. The van der Waals surface area contributed by atoms with E-state index in [9.17, 15) is 0 Å². The number of hydrogen-bond acceptors (Lipinski definition) is 2. The maximum atomic E-state index is 5.90. The molecule has 0 spiro atoms. The van der Waals surface area contributed by atoms with Crippen LogP contribution in [0.2, 0.25) is 0 Å². The zero-order chi connectivity index (χ0) is 10.3. The molecule has 0 saturated heterocycles. The Hall–Kier alpha value is -2.16. The highest BCUT2D eigenvalue weighted by Crippen LogP contribution is 2.19. The van der Waals surface area contributed by atoms with Crippen molar-refractivity contribution in [3.05, 3.63) is 48.8 Å². The quantitative estimate of drug-likeness (QED) is 0.335. The van der Waals surface area contributed by atoms with Gasteiger partial charge in [-0.15, -0.1) is 0 Å². The molecular formula is C12H10N3+. The molecule has 0 aliphatic carbocycles. The van der Waals surface area contributed by atoms with E-state index < -0.39 is 0 Å². The van der Waals surface area contributed by atoms with Crippen LogP contribution in [0.15, 0.2) is 48.8 Å². The minimum Gasteiger partial charge on any atom is -0.249 e. The molecule has 2 N–H and O–H groups in total. The normalized spacial score (nSPS) is 10.9. The SMILES string of the molecule is N[n+]1cccc2ccc3cccnc3c21. The smallest absolute Gasteiger partial charge is 0.249 e. The van der Waals surface area contributed by atoms with Gasteiger partial charge in [0.25, 0.3) is 5.52 Å². The zero-order valence-electron chi connectivity index (χ0n) is 8.09. The number of pyridine rings is 2. The van der Waals surface area contributed by atoms with Crippen molar-refractivity contribution in [3.8, 4) is 0 Å². The lowest BCUT2D eigenvalue weighted by atomic mass is 10.1. The van der Waals surface area contributed by atoms with E-state index in [0.29, 0.717) is 0 Å². The van der Waals surface area contributed by atoms with Gasteiger partial charge in [0.2, 0.25) is 0 Å². The summed E-state index contributed by atoms with van der Waals surface area (Å²) in [7, 11) is 0. The van der Waals surface area contributed by atoms with Crippen molar-refractivity contribution in [2.45, 2.75) is 0 Å². The van der Waals surface area contributed by atoms with E-state index in [1.54, 1.807) is 10.9 Å². The fourth-order valence-electron chi connectivity index (χ4n) is 1.87. The Bertz CT molecular complexity index is 646. The fraction of sp³-hybridized carbons (Fsp3) is 0. The lowest BCUT2D eigenvalue weighted by molar-refractivity contribution is -0.610.